The van der Waals surface area contributed by atoms with Crippen LogP contribution in [0.3, 0.4) is 0 Å². The molecular formula is C12H6Br4O2S. The number of halogens is 4. The van der Waals surface area contributed by atoms with E-state index in [0.717, 1.165) is 0 Å². The molecule has 0 aliphatic carbocycles. The Morgan fingerprint density at radius 3 is 1.42 bits per heavy atom. The Labute approximate surface area is 145 Å². The van der Waals surface area contributed by atoms with Gasteiger partial charge in [0.15, 0.2) is 0 Å². The van der Waals surface area contributed by atoms with Gasteiger partial charge in [0.25, 0.3) is 0 Å². The lowest BCUT2D eigenvalue weighted by atomic mass is 10.4. The van der Waals surface area contributed by atoms with Crippen molar-refractivity contribution < 1.29 is 8.42 Å². The lowest BCUT2D eigenvalue weighted by Gasteiger charge is -2.09. The Kier molecular flexibility index (Phi) is 4.93. The summed E-state index contributed by atoms with van der Waals surface area (Å²) in [5.41, 5.74) is 0. The highest BCUT2D eigenvalue weighted by Gasteiger charge is 2.23. The topological polar surface area (TPSA) is 34.1 Å². The molecule has 0 spiro atoms. The van der Waals surface area contributed by atoms with Gasteiger partial charge in [-0.15, -0.1) is 0 Å². The van der Waals surface area contributed by atoms with Crippen LogP contribution in [0.2, 0.25) is 0 Å². The second-order valence-electron chi connectivity index (χ2n) is 3.65. The molecule has 0 atom stereocenters. The maximum Gasteiger partial charge on any atom is 0.208 e. The average molecular weight is 534 g/mol. The summed E-state index contributed by atoms with van der Waals surface area (Å²) in [6, 6.07) is 10.1. The number of rotatable bonds is 2. The maximum absolute atomic E-state index is 12.7. The summed E-state index contributed by atoms with van der Waals surface area (Å²) in [5, 5.41) is 0. The summed E-state index contributed by atoms with van der Waals surface area (Å²) in [7, 11) is -3.60. The molecule has 2 rings (SSSR count). The zero-order chi connectivity index (χ0) is 14.2. The molecule has 19 heavy (non-hydrogen) atoms. The van der Waals surface area contributed by atoms with Crippen LogP contribution < -0.4 is 0 Å². The van der Waals surface area contributed by atoms with Crippen molar-refractivity contribution in [3.05, 3.63) is 54.3 Å². The summed E-state index contributed by atoms with van der Waals surface area (Å²) in [6.45, 7) is 0. The first kappa shape index (κ1) is 15.7. The van der Waals surface area contributed by atoms with Crippen LogP contribution in [0.5, 0.6) is 0 Å². The molecule has 100 valence electrons. The van der Waals surface area contributed by atoms with Gasteiger partial charge in [-0.25, -0.2) is 8.42 Å². The Hall–Kier alpha value is 0.310. The Morgan fingerprint density at radius 1 is 0.684 bits per heavy atom. The van der Waals surface area contributed by atoms with Gasteiger partial charge in [-0.2, -0.15) is 0 Å². The van der Waals surface area contributed by atoms with Gasteiger partial charge in [0, 0.05) is 17.9 Å². The first-order chi connectivity index (χ1) is 8.82. The van der Waals surface area contributed by atoms with Crippen molar-refractivity contribution >= 4 is 73.6 Å². The van der Waals surface area contributed by atoms with Crippen LogP contribution in [0.1, 0.15) is 0 Å². The van der Waals surface area contributed by atoms with E-state index >= 15 is 0 Å². The summed E-state index contributed by atoms with van der Waals surface area (Å²) in [6.07, 6.45) is 0. The SMILES string of the molecule is O=S(=O)(c1cc(Br)ccc1Br)c1cc(Br)ccc1Br. The molecule has 0 aliphatic rings. The molecule has 0 saturated heterocycles. The fraction of sp³-hybridized carbons (Fsp3) is 0. The molecule has 2 aromatic rings. The van der Waals surface area contributed by atoms with Crippen molar-refractivity contribution in [2.24, 2.45) is 0 Å². The summed E-state index contributed by atoms with van der Waals surface area (Å²) in [4.78, 5) is 0.446. The zero-order valence-corrected chi connectivity index (χ0v) is 16.4. The zero-order valence-electron chi connectivity index (χ0n) is 9.20. The second kappa shape index (κ2) is 5.97. The van der Waals surface area contributed by atoms with Crippen LogP contribution in [-0.2, 0) is 9.84 Å². The minimum absolute atomic E-state index is 0.223. The van der Waals surface area contributed by atoms with E-state index in [1.165, 1.54) is 0 Å². The molecule has 0 radical (unpaired) electrons. The highest BCUT2D eigenvalue weighted by atomic mass is 79.9. The fourth-order valence-electron chi connectivity index (χ4n) is 1.48. The predicted octanol–water partition coefficient (Wildman–Crippen LogP) is 5.57. The first-order valence-corrected chi connectivity index (χ1v) is 9.63. The van der Waals surface area contributed by atoms with Crippen molar-refractivity contribution in [3.8, 4) is 0 Å². The number of hydrogen-bond donors (Lipinski definition) is 0. The predicted molar refractivity (Wildman–Crippen MR) is 89.1 cm³/mol. The van der Waals surface area contributed by atoms with E-state index in [1.54, 1.807) is 36.4 Å². The Morgan fingerprint density at radius 2 is 1.05 bits per heavy atom. The molecule has 0 saturated carbocycles. The van der Waals surface area contributed by atoms with Crippen molar-refractivity contribution in [2.75, 3.05) is 0 Å². The largest absolute Gasteiger partial charge is 0.218 e. The van der Waals surface area contributed by atoms with Gasteiger partial charge in [0.1, 0.15) is 0 Å². The third-order valence-corrected chi connectivity index (χ3v) is 7.09. The number of sulfone groups is 1. The second-order valence-corrected chi connectivity index (χ2v) is 9.08. The van der Waals surface area contributed by atoms with Crippen molar-refractivity contribution in [1.82, 2.24) is 0 Å². The molecule has 7 heteroatoms. The highest BCUT2D eigenvalue weighted by molar-refractivity contribution is 9.11. The van der Waals surface area contributed by atoms with Crippen molar-refractivity contribution in [3.63, 3.8) is 0 Å². The molecule has 0 aliphatic heterocycles. The van der Waals surface area contributed by atoms with Crippen LogP contribution in [0.4, 0.5) is 0 Å². The van der Waals surface area contributed by atoms with E-state index in [2.05, 4.69) is 63.7 Å². The lowest BCUT2D eigenvalue weighted by molar-refractivity contribution is 0.595. The van der Waals surface area contributed by atoms with Gasteiger partial charge < -0.3 is 0 Å². The monoisotopic (exact) mass is 530 g/mol. The quantitative estimate of drug-likeness (QED) is 0.506. The van der Waals surface area contributed by atoms with Crippen molar-refractivity contribution in [1.29, 1.82) is 0 Å². The van der Waals surface area contributed by atoms with Crippen LogP contribution in [0, 0.1) is 0 Å². The van der Waals surface area contributed by atoms with Gasteiger partial charge in [-0.3, -0.25) is 0 Å². The van der Waals surface area contributed by atoms with Gasteiger partial charge in [-0.1, -0.05) is 31.9 Å². The molecule has 2 aromatic carbocycles. The number of hydrogen-bond acceptors (Lipinski definition) is 2. The fourth-order valence-corrected chi connectivity index (χ4v) is 5.73. The molecule has 2 nitrogen and oxygen atoms in total. The minimum atomic E-state index is -3.60. The molecule has 0 aromatic heterocycles. The van der Waals surface area contributed by atoms with Gasteiger partial charge in [0.2, 0.25) is 9.84 Å². The van der Waals surface area contributed by atoms with E-state index in [0.29, 0.717) is 17.9 Å². The molecular weight excluding hydrogens is 528 g/mol. The van der Waals surface area contributed by atoms with Gasteiger partial charge >= 0.3 is 0 Å². The van der Waals surface area contributed by atoms with Crippen LogP contribution in [0.25, 0.3) is 0 Å². The van der Waals surface area contributed by atoms with Gasteiger partial charge in [-0.05, 0) is 68.3 Å². The molecule has 0 fully saturated rings. The van der Waals surface area contributed by atoms with Crippen molar-refractivity contribution in [2.45, 2.75) is 9.79 Å². The summed E-state index contributed by atoms with van der Waals surface area (Å²) < 4.78 is 27.8. The third kappa shape index (κ3) is 3.32. The third-order valence-electron chi connectivity index (χ3n) is 2.37. The van der Waals surface area contributed by atoms with E-state index < -0.39 is 9.84 Å². The summed E-state index contributed by atoms with van der Waals surface area (Å²) in [5.74, 6) is 0. The van der Waals surface area contributed by atoms with E-state index in [4.69, 9.17) is 0 Å². The normalized spacial score (nSPS) is 11.6. The molecule has 0 N–H and O–H groups in total. The minimum Gasteiger partial charge on any atom is -0.218 e. The Bertz CT molecular complexity index is 684. The summed E-state index contributed by atoms with van der Waals surface area (Å²) >= 11 is 13.1. The first-order valence-electron chi connectivity index (χ1n) is 4.97. The van der Waals surface area contributed by atoms with E-state index in [-0.39, 0.29) is 9.79 Å². The standard InChI is InChI=1S/C12H6Br4O2S/c13-7-1-3-9(15)11(5-7)19(17,18)12-6-8(14)2-4-10(12)16/h1-6H. The molecule has 0 heterocycles. The lowest BCUT2D eigenvalue weighted by Crippen LogP contribution is -2.04. The number of benzene rings is 2. The van der Waals surface area contributed by atoms with Crippen LogP contribution in [-0.4, -0.2) is 8.42 Å². The van der Waals surface area contributed by atoms with E-state index in [1.807, 2.05) is 0 Å². The smallest absolute Gasteiger partial charge is 0.208 e. The van der Waals surface area contributed by atoms with Crippen LogP contribution in [0.15, 0.2) is 64.1 Å². The molecule has 0 amide bonds. The van der Waals surface area contributed by atoms with Gasteiger partial charge in [0.05, 0.1) is 9.79 Å². The maximum atomic E-state index is 12.7. The van der Waals surface area contributed by atoms with E-state index in [9.17, 15) is 8.42 Å². The molecule has 0 bridgehead atoms. The highest BCUT2D eigenvalue weighted by Crippen LogP contribution is 2.34. The molecule has 0 unspecified atom stereocenters. The van der Waals surface area contributed by atoms with Crippen LogP contribution >= 0.6 is 63.7 Å². The average Bonchev–Trinajstić information content (AvgIpc) is 2.35. The Balaban J connectivity index is 2.72.